The Balaban J connectivity index is 2.71. The van der Waals surface area contributed by atoms with Crippen LogP contribution in [0.5, 0.6) is 0 Å². The van der Waals surface area contributed by atoms with E-state index in [9.17, 15) is 8.42 Å². The van der Waals surface area contributed by atoms with E-state index in [0.717, 1.165) is 0 Å². The van der Waals surface area contributed by atoms with Gasteiger partial charge in [-0.05, 0) is 5.92 Å². The lowest BCUT2D eigenvalue weighted by Crippen LogP contribution is -2.37. The first kappa shape index (κ1) is 11.9. The normalized spacial score (nSPS) is 28.1. The highest BCUT2D eigenvalue weighted by atomic mass is 32.2. The summed E-state index contributed by atoms with van der Waals surface area (Å²) in [4.78, 5) is 0. The monoisotopic (exact) mass is 221 g/mol. The second kappa shape index (κ2) is 3.79. The second-order valence-corrected chi connectivity index (χ2v) is 7.01. The SMILES string of the molecule is CC1CN(CC(C)(C)CO)S(=O)(=O)C1. The molecule has 0 spiro atoms. The lowest BCUT2D eigenvalue weighted by atomic mass is 9.95. The first-order valence-corrected chi connectivity index (χ1v) is 6.46. The van der Waals surface area contributed by atoms with Gasteiger partial charge in [0.15, 0.2) is 0 Å². The van der Waals surface area contributed by atoms with Gasteiger partial charge in [0.05, 0.1) is 5.75 Å². The van der Waals surface area contributed by atoms with Crippen molar-refractivity contribution in [3.05, 3.63) is 0 Å². The Morgan fingerprint density at radius 2 is 2.07 bits per heavy atom. The molecular weight excluding hydrogens is 202 g/mol. The molecule has 1 fully saturated rings. The molecule has 0 saturated carbocycles. The van der Waals surface area contributed by atoms with Gasteiger partial charge >= 0.3 is 0 Å². The van der Waals surface area contributed by atoms with Gasteiger partial charge < -0.3 is 5.11 Å². The lowest BCUT2D eigenvalue weighted by Gasteiger charge is -2.27. The van der Waals surface area contributed by atoms with E-state index in [0.29, 0.717) is 13.1 Å². The topological polar surface area (TPSA) is 57.6 Å². The summed E-state index contributed by atoms with van der Waals surface area (Å²) in [6.45, 7) is 6.68. The number of sulfonamides is 1. The minimum Gasteiger partial charge on any atom is -0.396 e. The Morgan fingerprint density at radius 3 is 2.43 bits per heavy atom. The highest BCUT2D eigenvalue weighted by Crippen LogP contribution is 2.24. The van der Waals surface area contributed by atoms with E-state index in [1.165, 1.54) is 4.31 Å². The van der Waals surface area contributed by atoms with Crippen molar-refractivity contribution in [2.45, 2.75) is 20.8 Å². The average molecular weight is 221 g/mol. The minimum atomic E-state index is -3.06. The Morgan fingerprint density at radius 1 is 1.50 bits per heavy atom. The number of rotatable bonds is 3. The Labute approximate surface area is 86.0 Å². The third kappa shape index (κ3) is 2.68. The predicted octanol–water partition coefficient (Wildman–Crippen LogP) is 0.286. The summed E-state index contributed by atoms with van der Waals surface area (Å²) in [7, 11) is -3.06. The first-order valence-electron chi connectivity index (χ1n) is 4.85. The van der Waals surface area contributed by atoms with Crippen molar-refractivity contribution in [1.82, 2.24) is 4.31 Å². The average Bonchev–Trinajstić information content (AvgIpc) is 2.24. The van der Waals surface area contributed by atoms with Gasteiger partial charge in [0.25, 0.3) is 0 Å². The lowest BCUT2D eigenvalue weighted by molar-refractivity contribution is 0.134. The van der Waals surface area contributed by atoms with Crippen LogP contribution in [0.3, 0.4) is 0 Å². The smallest absolute Gasteiger partial charge is 0.214 e. The molecule has 5 heteroatoms. The molecule has 1 unspecified atom stereocenters. The van der Waals surface area contributed by atoms with Gasteiger partial charge in [-0.1, -0.05) is 20.8 Å². The fourth-order valence-electron chi connectivity index (χ4n) is 1.67. The van der Waals surface area contributed by atoms with Gasteiger partial charge in [0.2, 0.25) is 10.0 Å². The van der Waals surface area contributed by atoms with Gasteiger partial charge in [-0.3, -0.25) is 0 Å². The van der Waals surface area contributed by atoms with Crippen LogP contribution in [0.25, 0.3) is 0 Å². The summed E-state index contributed by atoms with van der Waals surface area (Å²) >= 11 is 0. The van der Waals surface area contributed by atoms with E-state index in [1.54, 1.807) is 0 Å². The maximum Gasteiger partial charge on any atom is 0.214 e. The number of hydrogen-bond donors (Lipinski definition) is 1. The van der Waals surface area contributed by atoms with E-state index in [1.807, 2.05) is 20.8 Å². The van der Waals surface area contributed by atoms with Crippen molar-refractivity contribution in [3.8, 4) is 0 Å². The highest BCUT2D eigenvalue weighted by molar-refractivity contribution is 7.89. The van der Waals surface area contributed by atoms with Crippen LogP contribution in [0.1, 0.15) is 20.8 Å². The zero-order chi connectivity index (χ0) is 11.0. The molecule has 1 aliphatic heterocycles. The van der Waals surface area contributed by atoms with Crippen LogP contribution >= 0.6 is 0 Å². The van der Waals surface area contributed by atoms with Crippen molar-refractivity contribution in [2.24, 2.45) is 11.3 Å². The van der Waals surface area contributed by atoms with Crippen LogP contribution in [0.2, 0.25) is 0 Å². The summed E-state index contributed by atoms with van der Waals surface area (Å²) in [6.07, 6.45) is 0. The van der Waals surface area contributed by atoms with Crippen molar-refractivity contribution in [3.63, 3.8) is 0 Å². The molecule has 0 aliphatic carbocycles. The van der Waals surface area contributed by atoms with E-state index in [4.69, 9.17) is 5.11 Å². The molecular formula is C9H19NO3S. The molecule has 0 radical (unpaired) electrons. The quantitative estimate of drug-likeness (QED) is 0.745. The Bertz CT molecular complexity index is 297. The van der Waals surface area contributed by atoms with Crippen LogP contribution in [-0.2, 0) is 10.0 Å². The van der Waals surface area contributed by atoms with Gasteiger partial charge in [-0.25, -0.2) is 12.7 Å². The number of nitrogens with zero attached hydrogens (tertiary/aromatic N) is 1. The Hall–Kier alpha value is -0.130. The van der Waals surface area contributed by atoms with Gasteiger partial charge in [-0.2, -0.15) is 0 Å². The van der Waals surface area contributed by atoms with E-state index < -0.39 is 10.0 Å². The van der Waals surface area contributed by atoms with Crippen LogP contribution in [0, 0.1) is 11.3 Å². The molecule has 0 aromatic carbocycles. The molecule has 14 heavy (non-hydrogen) atoms. The molecule has 0 aromatic heterocycles. The largest absolute Gasteiger partial charge is 0.396 e. The number of aliphatic hydroxyl groups excluding tert-OH is 1. The molecule has 1 N–H and O–H groups in total. The first-order chi connectivity index (χ1) is 6.27. The van der Waals surface area contributed by atoms with Crippen LogP contribution in [0.15, 0.2) is 0 Å². The molecule has 1 atom stereocenters. The minimum absolute atomic E-state index is 0.00734. The Kier molecular flexibility index (Phi) is 3.23. The molecule has 1 rings (SSSR count). The van der Waals surface area contributed by atoms with Crippen molar-refractivity contribution in [2.75, 3.05) is 25.4 Å². The predicted molar refractivity (Wildman–Crippen MR) is 55.4 cm³/mol. The molecule has 84 valence electrons. The molecule has 0 amide bonds. The molecule has 0 bridgehead atoms. The van der Waals surface area contributed by atoms with E-state index in [-0.39, 0.29) is 23.7 Å². The molecule has 4 nitrogen and oxygen atoms in total. The van der Waals surface area contributed by atoms with Gasteiger partial charge in [0.1, 0.15) is 0 Å². The summed E-state index contributed by atoms with van der Waals surface area (Å²) in [6, 6.07) is 0. The van der Waals surface area contributed by atoms with Crippen molar-refractivity contribution >= 4 is 10.0 Å². The van der Waals surface area contributed by atoms with Gasteiger partial charge in [-0.15, -0.1) is 0 Å². The maximum atomic E-state index is 11.6. The maximum absolute atomic E-state index is 11.6. The molecule has 1 saturated heterocycles. The third-order valence-electron chi connectivity index (χ3n) is 2.44. The van der Waals surface area contributed by atoms with Crippen molar-refractivity contribution in [1.29, 1.82) is 0 Å². The summed E-state index contributed by atoms with van der Waals surface area (Å²) < 4.78 is 24.7. The van der Waals surface area contributed by atoms with Crippen molar-refractivity contribution < 1.29 is 13.5 Å². The van der Waals surface area contributed by atoms with Crippen LogP contribution in [0.4, 0.5) is 0 Å². The van der Waals surface area contributed by atoms with Crippen LogP contribution < -0.4 is 0 Å². The van der Waals surface area contributed by atoms with E-state index in [2.05, 4.69) is 0 Å². The fourth-order valence-corrected chi connectivity index (χ4v) is 3.73. The molecule has 0 aromatic rings. The summed E-state index contributed by atoms with van der Waals surface area (Å²) in [5, 5.41) is 9.07. The number of hydrogen-bond acceptors (Lipinski definition) is 3. The molecule has 1 heterocycles. The summed E-state index contributed by atoms with van der Waals surface area (Å²) in [5.41, 5.74) is -0.350. The van der Waals surface area contributed by atoms with Gasteiger partial charge in [0, 0.05) is 25.1 Å². The van der Waals surface area contributed by atoms with Crippen LogP contribution in [-0.4, -0.2) is 43.3 Å². The summed E-state index contributed by atoms with van der Waals surface area (Å²) in [5.74, 6) is 0.448. The van der Waals surface area contributed by atoms with E-state index >= 15 is 0 Å². The third-order valence-corrected chi connectivity index (χ3v) is 4.49. The molecule has 1 aliphatic rings. The highest BCUT2D eigenvalue weighted by Gasteiger charge is 2.36. The second-order valence-electron chi connectivity index (χ2n) is 5.00. The number of aliphatic hydroxyl groups is 1. The standard InChI is InChI=1S/C9H19NO3S/c1-8-4-10(14(12,13)5-8)6-9(2,3)7-11/h8,11H,4-7H2,1-3H3. The fraction of sp³-hybridized carbons (Fsp3) is 1.00. The zero-order valence-electron chi connectivity index (χ0n) is 9.02. The zero-order valence-corrected chi connectivity index (χ0v) is 9.84.